The molecule has 1 aliphatic rings. The predicted octanol–water partition coefficient (Wildman–Crippen LogP) is 5.03. The molecule has 1 aliphatic carbocycles. The first kappa shape index (κ1) is 15.8. The van der Waals surface area contributed by atoms with Crippen LogP contribution in [0.4, 0.5) is 0 Å². The average Bonchev–Trinajstić information content (AvgIpc) is 3.10. The van der Waals surface area contributed by atoms with Gasteiger partial charge in [0.2, 0.25) is 5.78 Å². The summed E-state index contributed by atoms with van der Waals surface area (Å²) in [5.41, 5.74) is 3.81. The van der Waals surface area contributed by atoms with Crippen LogP contribution in [0, 0.1) is 0 Å². The second kappa shape index (κ2) is 6.65. The average molecular weight is 347 g/mol. The van der Waals surface area contributed by atoms with Crippen LogP contribution in [-0.2, 0) is 6.42 Å². The van der Waals surface area contributed by atoms with Crippen molar-refractivity contribution in [1.82, 2.24) is 4.98 Å². The Morgan fingerprint density at radius 2 is 1.92 bits per heavy atom. The van der Waals surface area contributed by atoms with Crippen molar-refractivity contribution < 1.29 is 9.53 Å². The molecule has 1 aromatic heterocycles. The fraction of sp³-hybridized carbons (Fsp3) is 0.143. The number of ether oxygens (including phenoxy) is 1. The predicted molar refractivity (Wildman–Crippen MR) is 101 cm³/mol. The third-order valence-electron chi connectivity index (χ3n) is 4.28. The molecule has 124 valence electrons. The molecule has 3 nitrogen and oxygen atoms in total. The number of hydrogen-bond donors (Lipinski definition) is 0. The van der Waals surface area contributed by atoms with Gasteiger partial charge in [-0.05, 0) is 36.6 Å². The van der Waals surface area contributed by atoms with Gasteiger partial charge in [0.05, 0.1) is 17.7 Å². The molecule has 0 N–H and O–H groups in total. The van der Waals surface area contributed by atoms with E-state index in [4.69, 9.17) is 9.72 Å². The first-order valence-corrected chi connectivity index (χ1v) is 9.00. The van der Waals surface area contributed by atoms with E-state index in [0.29, 0.717) is 0 Å². The Hall–Kier alpha value is -2.72. The first-order chi connectivity index (χ1) is 12.2. The summed E-state index contributed by atoms with van der Waals surface area (Å²) in [6.07, 6.45) is 3.50. The number of hydrogen-bond acceptors (Lipinski definition) is 4. The minimum Gasteiger partial charge on any atom is -0.497 e. The van der Waals surface area contributed by atoms with E-state index in [9.17, 15) is 4.79 Å². The number of ketones is 1. The quantitative estimate of drug-likeness (QED) is 0.624. The van der Waals surface area contributed by atoms with Crippen molar-refractivity contribution >= 4 is 23.2 Å². The number of fused-ring (bicyclic) bond motifs is 1. The zero-order valence-corrected chi connectivity index (χ0v) is 14.7. The van der Waals surface area contributed by atoms with Gasteiger partial charge in [-0.25, -0.2) is 4.98 Å². The number of thiazole rings is 1. The topological polar surface area (TPSA) is 39.2 Å². The number of aromatic nitrogens is 1. The molecule has 1 heterocycles. The van der Waals surface area contributed by atoms with Crippen LogP contribution in [0.1, 0.15) is 27.3 Å². The number of carbonyl (C=O) groups excluding carboxylic acids is 1. The van der Waals surface area contributed by atoms with Gasteiger partial charge in [-0.1, -0.05) is 42.5 Å². The zero-order chi connectivity index (χ0) is 17.2. The molecule has 0 amide bonds. The maximum Gasteiger partial charge on any atom is 0.200 e. The summed E-state index contributed by atoms with van der Waals surface area (Å²) in [6, 6.07) is 17.8. The molecule has 0 atom stereocenters. The maximum absolute atomic E-state index is 12.9. The lowest BCUT2D eigenvalue weighted by atomic mass is 9.94. The summed E-state index contributed by atoms with van der Waals surface area (Å²) in [5, 5.41) is 0.918. The molecular formula is C21H17NO2S. The van der Waals surface area contributed by atoms with Crippen molar-refractivity contribution in [3.63, 3.8) is 0 Å². The highest BCUT2D eigenvalue weighted by molar-refractivity contribution is 7.17. The molecular weight excluding hydrogens is 330 g/mol. The Balaban J connectivity index is 1.67. The molecule has 4 rings (SSSR count). The Morgan fingerprint density at radius 3 is 2.72 bits per heavy atom. The molecule has 0 aliphatic heterocycles. The van der Waals surface area contributed by atoms with Crippen molar-refractivity contribution in [3.05, 3.63) is 76.3 Å². The highest BCUT2D eigenvalue weighted by atomic mass is 32.1. The Bertz CT molecular complexity index is 957. The van der Waals surface area contributed by atoms with Gasteiger partial charge >= 0.3 is 0 Å². The van der Waals surface area contributed by atoms with Crippen LogP contribution >= 0.6 is 11.3 Å². The minimum atomic E-state index is 0.101. The number of aryl methyl sites for hydroxylation is 1. The standard InChI is InChI=1S/C21H17NO2S/c1-24-17-9-5-6-14(13-17)12-16-10-11-18-20(19(16)23)25-21(22-18)15-7-3-2-4-8-15/h2-9,12-13H,10-11H2,1H3/b16-12+. The largest absolute Gasteiger partial charge is 0.497 e. The number of benzene rings is 2. The molecule has 2 aromatic carbocycles. The van der Waals surface area contributed by atoms with Gasteiger partial charge < -0.3 is 4.74 Å². The minimum absolute atomic E-state index is 0.101. The Labute approximate surface area is 150 Å². The molecule has 0 unspecified atom stereocenters. The summed E-state index contributed by atoms with van der Waals surface area (Å²) in [5.74, 6) is 0.895. The van der Waals surface area contributed by atoms with Gasteiger partial charge in [0.15, 0.2) is 0 Å². The lowest BCUT2D eigenvalue weighted by Gasteiger charge is -2.12. The molecule has 3 aromatic rings. The van der Waals surface area contributed by atoms with Crippen LogP contribution in [-0.4, -0.2) is 17.9 Å². The van der Waals surface area contributed by atoms with E-state index in [1.165, 1.54) is 11.3 Å². The molecule has 0 saturated heterocycles. The van der Waals surface area contributed by atoms with E-state index >= 15 is 0 Å². The van der Waals surface area contributed by atoms with Gasteiger partial charge in [0.25, 0.3) is 0 Å². The van der Waals surface area contributed by atoms with Gasteiger partial charge in [0.1, 0.15) is 10.8 Å². The van der Waals surface area contributed by atoms with E-state index in [1.54, 1.807) is 7.11 Å². The number of allylic oxidation sites excluding steroid dienone is 1. The summed E-state index contributed by atoms with van der Waals surface area (Å²) >= 11 is 1.49. The van der Waals surface area contributed by atoms with E-state index in [-0.39, 0.29) is 5.78 Å². The van der Waals surface area contributed by atoms with Gasteiger partial charge in [0, 0.05) is 11.1 Å². The van der Waals surface area contributed by atoms with Crippen LogP contribution in [0.15, 0.2) is 60.2 Å². The third kappa shape index (κ3) is 3.13. The summed E-state index contributed by atoms with van der Waals surface area (Å²) in [4.78, 5) is 18.4. The van der Waals surface area contributed by atoms with Crippen molar-refractivity contribution in [3.8, 4) is 16.3 Å². The van der Waals surface area contributed by atoms with Crippen molar-refractivity contribution in [2.45, 2.75) is 12.8 Å². The molecule has 4 heteroatoms. The summed E-state index contributed by atoms with van der Waals surface area (Å²) in [6.45, 7) is 0. The second-order valence-electron chi connectivity index (χ2n) is 5.94. The summed E-state index contributed by atoms with van der Waals surface area (Å²) in [7, 11) is 1.65. The van der Waals surface area contributed by atoms with E-state index in [0.717, 1.165) is 50.9 Å². The molecule has 0 saturated carbocycles. The van der Waals surface area contributed by atoms with Gasteiger partial charge in [-0.15, -0.1) is 11.3 Å². The maximum atomic E-state index is 12.9. The fourth-order valence-electron chi connectivity index (χ4n) is 2.99. The van der Waals surface area contributed by atoms with E-state index < -0.39 is 0 Å². The Morgan fingerprint density at radius 1 is 1.08 bits per heavy atom. The molecule has 0 spiro atoms. The van der Waals surface area contributed by atoms with Crippen molar-refractivity contribution in [1.29, 1.82) is 0 Å². The van der Waals surface area contributed by atoms with Crippen LogP contribution in [0.5, 0.6) is 5.75 Å². The second-order valence-corrected chi connectivity index (χ2v) is 6.94. The normalized spacial score (nSPS) is 15.2. The third-order valence-corrected chi connectivity index (χ3v) is 5.43. The monoisotopic (exact) mass is 347 g/mol. The smallest absolute Gasteiger partial charge is 0.200 e. The lowest BCUT2D eigenvalue weighted by molar-refractivity contribution is 0.103. The number of methoxy groups -OCH3 is 1. The first-order valence-electron chi connectivity index (χ1n) is 8.19. The lowest BCUT2D eigenvalue weighted by Crippen LogP contribution is -2.12. The number of carbonyl (C=O) groups is 1. The zero-order valence-electron chi connectivity index (χ0n) is 13.9. The van der Waals surface area contributed by atoms with Crippen LogP contribution in [0.3, 0.4) is 0 Å². The highest BCUT2D eigenvalue weighted by Crippen LogP contribution is 2.35. The number of Topliss-reactive ketones (excluding diaryl/α,β-unsaturated/α-hetero) is 1. The van der Waals surface area contributed by atoms with E-state index in [2.05, 4.69) is 0 Å². The van der Waals surface area contributed by atoms with Crippen LogP contribution in [0.25, 0.3) is 16.6 Å². The highest BCUT2D eigenvalue weighted by Gasteiger charge is 2.26. The van der Waals surface area contributed by atoms with E-state index in [1.807, 2.05) is 60.7 Å². The molecule has 0 radical (unpaired) electrons. The van der Waals surface area contributed by atoms with Gasteiger partial charge in [-0.3, -0.25) is 4.79 Å². The molecule has 0 fully saturated rings. The van der Waals surface area contributed by atoms with Crippen LogP contribution < -0.4 is 4.74 Å². The number of rotatable bonds is 3. The number of nitrogens with zero attached hydrogens (tertiary/aromatic N) is 1. The molecule has 0 bridgehead atoms. The Kier molecular flexibility index (Phi) is 4.20. The summed E-state index contributed by atoms with van der Waals surface area (Å²) < 4.78 is 5.26. The van der Waals surface area contributed by atoms with Crippen LogP contribution in [0.2, 0.25) is 0 Å². The fourth-order valence-corrected chi connectivity index (χ4v) is 4.08. The SMILES string of the molecule is COc1cccc(/C=C2\CCc3nc(-c4ccccc4)sc3C2=O)c1. The van der Waals surface area contributed by atoms with Crippen molar-refractivity contribution in [2.24, 2.45) is 0 Å². The van der Waals surface area contributed by atoms with Gasteiger partial charge in [-0.2, -0.15) is 0 Å². The van der Waals surface area contributed by atoms with Crippen molar-refractivity contribution in [2.75, 3.05) is 7.11 Å². The molecule has 25 heavy (non-hydrogen) atoms.